The predicted octanol–water partition coefficient (Wildman–Crippen LogP) is 1.75. The van der Waals surface area contributed by atoms with Crippen molar-refractivity contribution in [2.45, 2.75) is 44.4 Å². The van der Waals surface area contributed by atoms with Crippen LogP contribution in [0.25, 0.3) is 22.3 Å². The smallest absolute Gasteiger partial charge is 0.340 e. The van der Waals surface area contributed by atoms with Gasteiger partial charge in [-0.05, 0) is 42.5 Å². The fourth-order valence-corrected chi connectivity index (χ4v) is 6.10. The first kappa shape index (κ1) is 18.5. The maximum atomic E-state index is 14.8. The summed E-state index contributed by atoms with van der Waals surface area (Å²) < 4.78 is 21.4. The van der Waals surface area contributed by atoms with Crippen molar-refractivity contribution in [3.8, 4) is 11.4 Å². The molecule has 1 unspecified atom stereocenters. The summed E-state index contributed by atoms with van der Waals surface area (Å²) in [5.41, 5.74) is 5.90. The molecule has 0 radical (unpaired) electrons. The molecular formula is C24H20FN3O4. The number of carbonyl (C=O) groups is 1. The van der Waals surface area contributed by atoms with Gasteiger partial charge in [0.1, 0.15) is 12.4 Å². The summed E-state index contributed by atoms with van der Waals surface area (Å²) in [4.78, 5) is 30.0. The predicted molar refractivity (Wildman–Crippen MR) is 113 cm³/mol. The summed E-state index contributed by atoms with van der Waals surface area (Å²) in [7, 11) is 0. The van der Waals surface area contributed by atoms with E-state index in [0.717, 1.165) is 42.4 Å². The van der Waals surface area contributed by atoms with Crippen molar-refractivity contribution in [3.63, 3.8) is 0 Å². The SMILES string of the molecule is Cc1c(F)cc2nc3c(c4c2c1CCC41CNC1)Cn1c-3cc2c(c1=O)COC(=O)C2O. The number of hydrogen-bond donors (Lipinski definition) is 2. The molecular weight excluding hydrogens is 413 g/mol. The Balaban J connectivity index is 1.58. The molecule has 3 aliphatic heterocycles. The van der Waals surface area contributed by atoms with Crippen LogP contribution < -0.4 is 10.9 Å². The van der Waals surface area contributed by atoms with Crippen LogP contribution in [0.1, 0.15) is 45.9 Å². The fraction of sp³-hybridized carbons (Fsp3) is 0.375. The summed E-state index contributed by atoms with van der Waals surface area (Å²) in [6, 6.07) is 3.17. The molecule has 1 aliphatic carbocycles. The van der Waals surface area contributed by atoms with Gasteiger partial charge in [-0.1, -0.05) is 0 Å². The van der Waals surface area contributed by atoms with E-state index in [4.69, 9.17) is 9.72 Å². The molecule has 0 amide bonds. The van der Waals surface area contributed by atoms with Crippen molar-refractivity contribution in [1.29, 1.82) is 0 Å². The van der Waals surface area contributed by atoms with Crippen LogP contribution >= 0.6 is 0 Å². The van der Waals surface area contributed by atoms with Crippen LogP contribution in [0.2, 0.25) is 0 Å². The van der Waals surface area contributed by atoms with Gasteiger partial charge in [0.05, 0.1) is 29.0 Å². The molecule has 7 nitrogen and oxygen atoms in total. The van der Waals surface area contributed by atoms with Gasteiger partial charge >= 0.3 is 5.97 Å². The van der Waals surface area contributed by atoms with Crippen LogP contribution in [-0.4, -0.2) is 33.7 Å². The highest BCUT2D eigenvalue weighted by Crippen LogP contribution is 2.49. The number of aliphatic hydroxyl groups is 1. The van der Waals surface area contributed by atoms with E-state index in [-0.39, 0.29) is 29.0 Å². The summed E-state index contributed by atoms with van der Waals surface area (Å²) in [6.07, 6.45) is 0.238. The van der Waals surface area contributed by atoms with E-state index in [0.29, 0.717) is 34.6 Å². The number of aliphatic hydroxyl groups excluding tert-OH is 1. The Morgan fingerprint density at radius 2 is 2.06 bits per heavy atom. The molecule has 4 aliphatic rings. The minimum atomic E-state index is -1.49. The minimum absolute atomic E-state index is 0.0492. The molecule has 2 N–H and O–H groups in total. The van der Waals surface area contributed by atoms with Gasteiger partial charge in [-0.2, -0.15) is 0 Å². The molecule has 2 aromatic heterocycles. The number of benzene rings is 1. The molecule has 1 fully saturated rings. The lowest BCUT2D eigenvalue weighted by Gasteiger charge is -2.47. The highest BCUT2D eigenvalue weighted by atomic mass is 19.1. The van der Waals surface area contributed by atoms with Crippen molar-refractivity contribution in [1.82, 2.24) is 14.9 Å². The largest absolute Gasteiger partial charge is 0.458 e. The number of nitrogens with zero attached hydrogens (tertiary/aromatic N) is 2. The number of pyridine rings is 2. The lowest BCUT2D eigenvalue weighted by molar-refractivity contribution is -0.157. The van der Waals surface area contributed by atoms with E-state index in [1.807, 2.05) is 6.92 Å². The molecule has 1 saturated heterocycles. The third-order valence-electron chi connectivity index (χ3n) is 7.88. The molecule has 7 rings (SSSR count). The van der Waals surface area contributed by atoms with Crippen molar-refractivity contribution < 1.29 is 19.0 Å². The first-order valence-corrected chi connectivity index (χ1v) is 10.9. The van der Waals surface area contributed by atoms with E-state index in [2.05, 4.69) is 5.32 Å². The average Bonchev–Trinajstić information content (AvgIpc) is 3.12. The highest BCUT2D eigenvalue weighted by Gasteiger charge is 2.46. The summed E-state index contributed by atoms with van der Waals surface area (Å²) in [6.45, 7) is 3.74. The van der Waals surface area contributed by atoms with E-state index in [1.165, 1.54) is 11.6 Å². The van der Waals surface area contributed by atoms with Crippen LogP contribution in [0.15, 0.2) is 16.9 Å². The Morgan fingerprint density at radius 3 is 2.81 bits per heavy atom. The maximum Gasteiger partial charge on any atom is 0.340 e. The van der Waals surface area contributed by atoms with Gasteiger partial charge in [0, 0.05) is 41.1 Å². The number of nitrogens with one attached hydrogen (secondary N) is 1. The van der Waals surface area contributed by atoms with Gasteiger partial charge in [-0.25, -0.2) is 14.2 Å². The normalized spacial score (nSPS) is 21.7. The Bertz CT molecular complexity index is 1470. The second-order valence-corrected chi connectivity index (χ2v) is 9.42. The van der Waals surface area contributed by atoms with Crippen LogP contribution in [0.4, 0.5) is 4.39 Å². The first-order valence-electron chi connectivity index (χ1n) is 10.9. The Kier molecular flexibility index (Phi) is 3.36. The lowest BCUT2D eigenvalue weighted by Crippen LogP contribution is -2.58. The minimum Gasteiger partial charge on any atom is -0.458 e. The van der Waals surface area contributed by atoms with Crippen LogP contribution in [0, 0.1) is 12.7 Å². The number of fused-ring (bicyclic) bond motifs is 6. The van der Waals surface area contributed by atoms with E-state index < -0.39 is 12.1 Å². The van der Waals surface area contributed by atoms with E-state index in [9.17, 15) is 19.1 Å². The Labute approximate surface area is 181 Å². The topological polar surface area (TPSA) is 93.5 Å². The molecule has 5 heterocycles. The summed E-state index contributed by atoms with van der Waals surface area (Å²) in [5, 5.41) is 14.8. The van der Waals surface area contributed by atoms with Gasteiger partial charge < -0.3 is 19.7 Å². The Morgan fingerprint density at radius 1 is 1.25 bits per heavy atom. The number of halogens is 1. The number of aryl methyl sites for hydroxylation is 1. The number of carbonyl (C=O) groups excluding carboxylic acids is 1. The van der Waals surface area contributed by atoms with E-state index >= 15 is 0 Å². The van der Waals surface area contributed by atoms with E-state index in [1.54, 1.807) is 10.6 Å². The molecule has 1 aromatic carbocycles. The van der Waals surface area contributed by atoms with Crippen molar-refractivity contribution in [2.75, 3.05) is 13.1 Å². The summed E-state index contributed by atoms with van der Waals surface area (Å²) >= 11 is 0. The summed E-state index contributed by atoms with van der Waals surface area (Å²) in [5.74, 6) is -1.03. The first-order chi connectivity index (χ1) is 15.4. The molecule has 0 bridgehead atoms. The lowest BCUT2D eigenvalue weighted by atomic mass is 9.64. The van der Waals surface area contributed by atoms with Gasteiger partial charge in [-0.15, -0.1) is 0 Å². The zero-order valence-electron chi connectivity index (χ0n) is 17.4. The van der Waals surface area contributed by atoms with Gasteiger partial charge in [-0.3, -0.25) is 4.79 Å². The van der Waals surface area contributed by atoms with Gasteiger partial charge in [0.2, 0.25) is 0 Å². The quantitative estimate of drug-likeness (QED) is 0.411. The number of hydrogen-bond acceptors (Lipinski definition) is 6. The molecule has 3 aromatic rings. The van der Waals surface area contributed by atoms with Crippen LogP contribution in [-0.2, 0) is 34.5 Å². The molecule has 8 heteroatoms. The fourth-order valence-electron chi connectivity index (χ4n) is 6.10. The van der Waals surface area contributed by atoms with Crippen LogP contribution in [0.5, 0.6) is 0 Å². The molecule has 32 heavy (non-hydrogen) atoms. The molecule has 1 spiro atoms. The zero-order valence-corrected chi connectivity index (χ0v) is 17.4. The highest BCUT2D eigenvalue weighted by molar-refractivity contribution is 5.94. The van der Waals surface area contributed by atoms with Crippen molar-refractivity contribution in [3.05, 3.63) is 61.7 Å². The van der Waals surface area contributed by atoms with Gasteiger partial charge in [0.15, 0.2) is 6.10 Å². The van der Waals surface area contributed by atoms with Gasteiger partial charge in [0.25, 0.3) is 5.56 Å². The number of aromatic nitrogens is 2. The number of ether oxygens (including phenoxy) is 1. The average molecular weight is 433 g/mol. The number of cyclic esters (lactones) is 1. The number of rotatable bonds is 0. The second-order valence-electron chi connectivity index (χ2n) is 9.42. The third-order valence-corrected chi connectivity index (χ3v) is 7.88. The standard InChI is InChI=1S/C24H20FN3O4/c1-10-11-2-3-24(8-26-9-24)19-13-6-28-17(20(13)27-16(18(11)19)5-15(10)25)4-12-14(22(28)30)7-32-23(31)21(12)29/h4-5,21,26,29H,2-3,6-9H2,1H3. The number of esters is 1. The molecule has 0 saturated carbocycles. The second kappa shape index (κ2) is 5.82. The zero-order chi connectivity index (χ0) is 21.9. The monoisotopic (exact) mass is 433 g/mol. The third kappa shape index (κ3) is 2.05. The van der Waals surface area contributed by atoms with Crippen molar-refractivity contribution >= 4 is 16.9 Å². The maximum absolute atomic E-state index is 14.8. The molecule has 162 valence electrons. The van der Waals surface area contributed by atoms with Crippen LogP contribution in [0.3, 0.4) is 0 Å². The molecule has 1 atom stereocenters. The van der Waals surface area contributed by atoms with Crippen molar-refractivity contribution in [2.24, 2.45) is 0 Å². The Hall–Kier alpha value is -3.10.